The first-order chi connectivity index (χ1) is 5.33. The molecule has 1 aliphatic rings. The summed E-state index contributed by atoms with van der Waals surface area (Å²) in [6.45, 7) is 4.90. The summed E-state index contributed by atoms with van der Waals surface area (Å²) < 4.78 is 10.7. The van der Waals surface area contributed by atoms with E-state index in [-0.39, 0.29) is 12.4 Å². The van der Waals surface area contributed by atoms with Crippen molar-refractivity contribution in [2.24, 2.45) is 0 Å². The Morgan fingerprint density at radius 2 is 2.36 bits per heavy atom. The van der Waals surface area contributed by atoms with Gasteiger partial charge in [-0.2, -0.15) is 0 Å². The molecule has 1 heterocycles. The van der Waals surface area contributed by atoms with Crippen molar-refractivity contribution in [3.05, 3.63) is 12.2 Å². The number of ether oxygens (including phenoxy) is 2. The third-order valence-corrected chi connectivity index (χ3v) is 1.61. The molecule has 0 radical (unpaired) electrons. The van der Waals surface area contributed by atoms with Gasteiger partial charge < -0.3 is 9.47 Å². The largest absolute Gasteiger partial charge is 0.346 e. The van der Waals surface area contributed by atoms with Crippen LogP contribution in [-0.4, -0.2) is 19.0 Å². The first-order valence-corrected chi connectivity index (χ1v) is 4.26. The Morgan fingerprint density at radius 1 is 1.55 bits per heavy atom. The summed E-state index contributed by atoms with van der Waals surface area (Å²) in [6.07, 6.45) is 6.56. The van der Waals surface area contributed by atoms with E-state index in [2.05, 4.69) is 13.0 Å². The molecule has 2 nitrogen and oxygen atoms in total. The van der Waals surface area contributed by atoms with Gasteiger partial charge in [0.2, 0.25) is 0 Å². The molecular weight excluding hydrogens is 140 g/mol. The molecule has 11 heavy (non-hydrogen) atoms. The van der Waals surface area contributed by atoms with Gasteiger partial charge in [-0.15, -0.1) is 0 Å². The fraction of sp³-hybridized carbons (Fsp3) is 0.778. The number of hydrogen-bond acceptors (Lipinski definition) is 2. The average Bonchev–Trinajstić information content (AvgIpc) is 2.37. The third-order valence-electron chi connectivity index (χ3n) is 1.61. The topological polar surface area (TPSA) is 18.5 Å². The SMILES string of the molecule is CCC/C=C/[C@@H]1OC[C@@H](C)O1. The maximum atomic E-state index is 5.40. The van der Waals surface area contributed by atoms with Crippen molar-refractivity contribution in [2.75, 3.05) is 6.61 Å². The minimum absolute atomic E-state index is 0.0865. The van der Waals surface area contributed by atoms with Gasteiger partial charge in [-0.1, -0.05) is 19.4 Å². The first kappa shape index (κ1) is 8.75. The Labute approximate surface area is 68.2 Å². The van der Waals surface area contributed by atoms with Crippen molar-refractivity contribution >= 4 is 0 Å². The molecule has 0 unspecified atom stereocenters. The third kappa shape index (κ3) is 3.04. The van der Waals surface area contributed by atoms with Crippen LogP contribution in [0.5, 0.6) is 0 Å². The lowest BCUT2D eigenvalue weighted by Crippen LogP contribution is -2.05. The predicted octanol–water partition coefficient (Wildman–Crippen LogP) is 2.10. The lowest BCUT2D eigenvalue weighted by molar-refractivity contribution is -0.0162. The van der Waals surface area contributed by atoms with E-state index in [1.807, 2.05) is 13.0 Å². The minimum Gasteiger partial charge on any atom is -0.346 e. The van der Waals surface area contributed by atoms with Crippen molar-refractivity contribution in [3.63, 3.8) is 0 Å². The summed E-state index contributed by atoms with van der Waals surface area (Å²) in [6, 6.07) is 0. The summed E-state index contributed by atoms with van der Waals surface area (Å²) in [5.41, 5.74) is 0. The quantitative estimate of drug-likeness (QED) is 0.582. The number of allylic oxidation sites excluding steroid dienone is 1. The highest BCUT2D eigenvalue weighted by Crippen LogP contribution is 2.11. The molecule has 0 aliphatic carbocycles. The number of rotatable bonds is 3. The van der Waals surface area contributed by atoms with Gasteiger partial charge in [0.15, 0.2) is 6.29 Å². The Balaban J connectivity index is 2.17. The summed E-state index contributed by atoms with van der Waals surface area (Å²) in [5.74, 6) is 0. The van der Waals surface area contributed by atoms with Crippen LogP contribution in [0.2, 0.25) is 0 Å². The van der Waals surface area contributed by atoms with Crippen LogP contribution in [0.25, 0.3) is 0 Å². The van der Waals surface area contributed by atoms with E-state index in [9.17, 15) is 0 Å². The van der Waals surface area contributed by atoms with Crippen molar-refractivity contribution in [3.8, 4) is 0 Å². The molecule has 0 saturated carbocycles. The van der Waals surface area contributed by atoms with E-state index < -0.39 is 0 Å². The summed E-state index contributed by atoms with van der Waals surface area (Å²) >= 11 is 0. The lowest BCUT2D eigenvalue weighted by atomic mass is 10.3. The Morgan fingerprint density at radius 3 is 2.91 bits per heavy atom. The fourth-order valence-corrected chi connectivity index (χ4v) is 1.01. The van der Waals surface area contributed by atoms with Crippen LogP contribution in [0.3, 0.4) is 0 Å². The molecule has 2 atom stereocenters. The van der Waals surface area contributed by atoms with E-state index in [4.69, 9.17) is 9.47 Å². The van der Waals surface area contributed by atoms with E-state index in [1.165, 1.54) is 6.42 Å². The summed E-state index contributed by atoms with van der Waals surface area (Å²) in [4.78, 5) is 0. The van der Waals surface area contributed by atoms with Gasteiger partial charge >= 0.3 is 0 Å². The molecule has 0 bridgehead atoms. The highest BCUT2D eigenvalue weighted by Gasteiger charge is 2.18. The van der Waals surface area contributed by atoms with Gasteiger partial charge in [0.05, 0.1) is 12.7 Å². The maximum absolute atomic E-state index is 5.40. The molecule has 0 aromatic carbocycles. The smallest absolute Gasteiger partial charge is 0.177 e. The molecule has 1 saturated heterocycles. The van der Waals surface area contributed by atoms with E-state index in [0.717, 1.165) is 13.0 Å². The Hall–Kier alpha value is -0.340. The predicted molar refractivity (Wildman–Crippen MR) is 44.3 cm³/mol. The lowest BCUT2D eigenvalue weighted by Gasteiger charge is -2.02. The fourth-order valence-electron chi connectivity index (χ4n) is 1.01. The molecular formula is C9H16O2. The van der Waals surface area contributed by atoms with Gasteiger partial charge in [-0.05, 0) is 19.4 Å². The van der Waals surface area contributed by atoms with Crippen molar-refractivity contribution in [1.29, 1.82) is 0 Å². The molecule has 0 aromatic heterocycles. The maximum Gasteiger partial charge on any atom is 0.177 e. The number of unbranched alkanes of at least 4 members (excludes halogenated alkanes) is 1. The molecule has 0 spiro atoms. The van der Waals surface area contributed by atoms with Gasteiger partial charge in [0, 0.05) is 0 Å². The van der Waals surface area contributed by atoms with Crippen LogP contribution in [0.4, 0.5) is 0 Å². The minimum atomic E-state index is -0.0865. The van der Waals surface area contributed by atoms with Crippen LogP contribution < -0.4 is 0 Å². The van der Waals surface area contributed by atoms with E-state index >= 15 is 0 Å². The average molecular weight is 156 g/mol. The van der Waals surface area contributed by atoms with Crippen LogP contribution in [-0.2, 0) is 9.47 Å². The summed E-state index contributed by atoms with van der Waals surface area (Å²) in [5, 5.41) is 0. The van der Waals surface area contributed by atoms with Crippen molar-refractivity contribution < 1.29 is 9.47 Å². The second kappa shape index (κ2) is 4.52. The molecule has 1 aliphatic heterocycles. The molecule has 2 heteroatoms. The molecule has 1 fully saturated rings. The Kier molecular flexibility index (Phi) is 3.60. The van der Waals surface area contributed by atoms with Crippen molar-refractivity contribution in [2.45, 2.75) is 39.1 Å². The zero-order valence-corrected chi connectivity index (χ0v) is 7.25. The van der Waals surface area contributed by atoms with Crippen LogP contribution >= 0.6 is 0 Å². The zero-order chi connectivity index (χ0) is 8.10. The van der Waals surface area contributed by atoms with Gasteiger partial charge in [0.25, 0.3) is 0 Å². The monoisotopic (exact) mass is 156 g/mol. The van der Waals surface area contributed by atoms with Gasteiger partial charge in [0.1, 0.15) is 0 Å². The Bertz CT molecular complexity index is 132. The normalized spacial score (nSPS) is 31.8. The summed E-state index contributed by atoms with van der Waals surface area (Å²) in [7, 11) is 0. The second-order valence-electron chi connectivity index (χ2n) is 2.87. The molecule has 0 amide bonds. The first-order valence-electron chi connectivity index (χ1n) is 4.26. The zero-order valence-electron chi connectivity index (χ0n) is 7.25. The van der Waals surface area contributed by atoms with E-state index in [0.29, 0.717) is 0 Å². The molecule has 0 aromatic rings. The molecule has 64 valence electrons. The van der Waals surface area contributed by atoms with Gasteiger partial charge in [-0.25, -0.2) is 0 Å². The highest BCUT2D eigenvalue weighted by atomic mass is 16.7. The van der Waals surface area contributed by atoms with Crippen LogP contribution in [0.15, 0.2) is 12.2 Å². The van der Waals surface area contributed by atoms with E-state index in [1.54, 1.807) is 0 Å². The van der Waals surface area contributed by atoms with Crippen LogP contribution in [0.1, 0.15) is 26.7 Å². The standard InChI is InChI=1S/C9H16O2/c1-3-4-5-6-9-10-7-8(2)11-9/h5-6,8-9H,3-4,7H2,1-2H3/b6-5+/t8-,9-/m1/s1. The number of hydrogen-bond donors (Lipinski definition) is 0. The molecule has 1 rings (SSSR count). The van der Waals surface area contributed by atoms with Crippen LogP contribution in [0, 0.1) is 0 Å². The highest BCUT2D eigenvalue weighted by molar-refractivity contribution is 4.87. The second-order valence-corrected chi connectivity index (χ2v) is 2.87. The molecule has 0 N–H and O–H groups in total. The van der Waals surface area contributed by atoms with Crippen molar-refractivity contribution in [1.82, 2.24) is 0 Å². The van der Waals surface area contributed by atoms with Gasteiger partial charge in [-0.3, -0.25) is 0 Å².